The lowest BCUT2D eigenvalue weighted by atomic mass is 10.3. The summed E-state index contributed by atoms with van der Waals surface area (Å²) in [5.74, 6) is 0.137. The summed E-state index contributed by atoms with van der Waals surface area (Å²) >= 11 is 0. The lowest BCUT2D eigenvalue weighted by Crippen LogP contribution is -2.17. The minimum absolute atomic E-state index is 0.0347. The largest absolute Gasteiger partial charge is 0.328 e. The Morgan fingerprint density at radius 3 is 2.86 bits per heavy atom. The number of benzene rings is 1. The van der Waals surface area contributed by atoms with E-state index in [1.165, 1.54) is 12.1 Å². The van der Waals surface area contributed by atoms with Crippen molar-refractivity contribution < 1.29 is 8.60 Å². The van der Waals surface area contributed by atoms with Crippen molar-refractivity contribution in [2.45, 2.75) is 24.3 Å². The van der Waals surface area contributed by atoms with Crippen LogP contribution >= 0.6 is 0 Å². The number of rotatable bonds is 4. The first-order valence-corrected chi connectivity index (χ1v) is 5.81. The molecule has 0 radical (unpaired) electrons. The standard InChI is InChI=1S/C10H14FNOS/c1-8(12)5-6-14(13)10-4-2-3-9(11)7-10/h2-4,7-8H,5-6,12H2,1H3. The Kier molecular flexibility index (Phi) is 4.22. The minimum atomic E-state index is -1.13. The van der Waals surface area contributed by atoms with E-state index in [4.69, 9.17) is 5.73 Å². The van der Waals surface area contributed by atoms with Crippen LogP contribution in [0.25, 0.3) is 0 Å². The molecule has 2 nitrogen and oxygen atoms in total. The highest BCUT2D eigenvalue weighted by atomic mass is 32.2. The van der Waals surface area contributed by atoms with E-state index in [0.29, 0.717) is 17.1 Å². The zero-order valence-electron chi connectivity index (χ0n) is 8.07. The van der Waals surface area contributed by atoms with Gasteiger partial charge in [0.05, 0.1) is 10.8 Å². The number of nitrogens with two attached hydrogens (primary N) is 1. The molecule has 0 aliphatic rings. The van der Waals surface area contributed by atoms with Gasteiger partial charge >= 0.3 is 0 Å². The molecule has 4 heteroatoms. The van der Waals surface area contributed by atoms with Gasteiger partial charge in [-0.1, -0.05) is 6.07 Å². The molecule has 1 aromatic rings. The summed E-state index contributed by atoms with van der Waals surface area (Å²) in [5, 5.41) is 0. The SMILES string of the molecule is CC(N)CCS(=O)c1cccc(F)c1. The normalized spacial score (nSPS) is 15.1. The molecule has 0 fully saturated rings. The predicted molar refractivity (Wildman–Crippen MR) is 55.9 cm³/mol. The fourth-order valence-corrected chi connectivity index (χ4v) is 2.32. The molecule has 14 heavy (non-hydrogen) atoms. The van der Waals surface area contributed by atoms with Gasteiger partial charge in [-0.2, -0.15) is 0 Å². The van der Waals surface area contributed by atoms with Gasteiger partial charge in [-0.25, -0.2) is 4.39 Å². The van der Waals surface area contributed by atoms with E-state index in [1.54, 1.807) is 12.1 Å². The monoisotopic (exact) mass is 215 g/mol. The minimum Gasteiger partial charge on any atom is -0.328 e. The molecule has 2 N–H and O–H groups in total. The summed E-state index contributed by atoms with van der Waals surface area (Å²) in [4.78, 5) is 0.533. The van der Waals surface area contributed by atoms with E-state index in [1.807, 2.05) is 6.92 Å². The van der Waals surface area contributed by atoms with Crippen LogP contribution in [0.1, 0.15) is 13.3 Å². The molecule has 0 bridgehead atoms. The van der Waals surface area contributed by atoms with Gasteiger partial charge in [0.1, 0.15) is 5.82 Å². The highest BCUT2D eigenvalue weighted by Crippen LogP contribution is 2.09. The second kappa shape index (κ2) is 5.22. The molecule has 0 aliphatic heterocycles. The van der Waals surface area contributed by atoms with Crippen LogP contribution < -0.4 is 5.73 Å². The lowest BCUT2D eigenvalue weighted by Gasteiger charge is -2.04. The predicted octanol–water partition coefficient (Wildman–Crippen LogP) is 1.67. The van der Waals surface area contributed by atoms with Crippen molar-refractivity contribution in [3.63, 3.8) is 0 Å². The zero-order chi connectivity index (χ0) is 10.6. The molecule has 0 amide bonds. The van der Waals surface area contributed by atoms with Crippen LogP contribution in [0.4, 0.5) is 4.39 Å². The molecule has 0 heterocycles. The lowest BCUT2D eigenvalue weighted by molar-refractivity contribution is 0.622. The molecular weight excluding hydrogens is 201 g/mol. The van der Waals surface area contributed by atoms with Crippen molar-refractivity contribution in [3.8, 4) is 0 Å². The van der Waals surface area contributed by atoms with Crippen molar-refractivity contribution in [2.75, 3.05) is 5.75 Å². The summed E-state index contributed by atoms with van der Waals surface area (Å²) in [6.07, 6.45) is 0.684. The van der Waals surface area contributed by atoms with Crippen molar-refractivity contribution in [3.05, 3.63) is 30.1 Å². The third kappa shape index (κ3) is 3.55. The van der Waals surface area contributed by atoms with Crippen molar-refractivity contribution >= 4 is 10.8 Å². The van der Waals surface area contributed by atoms with Gasteiger partial charge in [-0.05, 0) is 31.5 Å². The van der Waals surface area contributed by atoms with Gasteiger partial charge in [0.15, 0.2) is 0 Å². The quantitative estimate of drug-likeness (QED) is 0.830. The number of hydrogen-bond donors (Lipinski definition) is 1. The van der Waals surface area contributed by atoms with Crippen LogP contribution in [-0.4, -0.2) is 16.0 Å². The third-order valence-corrected chi connectivity index (χ3v) is 3.20. The van der Waals surface area contributed by atoms with E-state index in [0.717, 1.165) is 0 Å². The van der Waals surface area contributed by atoms with Crippen LogP contribution in [0.2, 0.25) is 0 Å². The number of halogens is 1. The Morgan fingerprint density at radius 2 is 2.29 bits per heavy atom. The van der Waals surface area contributed by atoms with Crippen molar-refractivity contribution in [1.82, 2.24) is 0 Å². The zero-order valence-corrected chi connectivity index (χ0v) is 8.89. The van der Waals surface area contributed by atoms with Crippen LogP contribution in [0.15, 0.2) is 29.2 Å². The van der Waals surface area contributed by atoms with Gasteiger partial charge < -0.3 is 5.73 Å². The first-order chi connectivity index (χ1) is 6.59. The van der Waals surface area contributed by atoms with Crippen LogP contribution in [-0.2, 0) is 10.8 Å². The van der Waals surface area contributed by atoms with E-state index >= 15 is 0 Å². The summed E-state index contributed by atoms with van der Waals surface area (Å²) in [6.45, 7) is 1.86. The second-order valence-corrected chi connectivity index (χ2v) is 4.84. The van der Waals surface area contributed by atoms with E-state index in [9.17, 15) is 8.60 Å². The molecule has 0 saturated carbocycles. The highest BCUT2D eigenvalue weighted by Gasteiger charge is 2.05. The second-order valence-electron chi connectivity index (χ2n) is 3.27. The van der Waals surface area contributed by atoms with Crippen molar-refractivity contribution in [1.29, 1.82) is 0 Å². The Labute approximate surface area is 85.8 Å². The molecule has 1 aromatic carbocycles. The summed E-state index contributed by atoms with van der Waals surface area (Å²) in [5.41, 5.74) is 5.54. The first-order valence-electron chi connectivity index (χ1n) is 4.49. The molecule has 1 rings (SSSR count). The smallest absolute Gasteiger partial charge is 0.124 e. The molecule has 78 valence electrons. The van der Waals surface area contributed by atoms with Gasteiger partial charge in [0.2, 0.25) is 0 Å². The van der Waals surface area contributed by atoms with E-state index in [-0.39, 0.29) is 11.9 Å². The molecule has 0 aromatic heterocycles. The molecule has 0 saturated heterocycles. The van der Waals surface area contributed by atoms with Crippen molar-refractivity contribution in [2.24, 2.45) is 5.73 Å². The molecule has 0 spiro atoms. The van der Waals surface area contributed by atoms with E-state index < -0.39 is 10.8 Å². The van der Waals surface area contributed by atoms with Gasteiger partial charge in [0, 0.05) is 16.7 Å². The Balaban J connectivity index is 2.61. The fourth-order valence-electron chi connectivity index (χ4n) is 1.02. The van der Waals surface area contributed by atoms with E-state index in [2.05, 4.69) is 0 Å². The molecular formula is C10H14FNOS. The van der Waals surface area contributed by atoms with Crippen LogP contribution in [0, 0.1) is 5.82 Å². The Hall–Kier alpha value is -0.740. The van der Waals surface area contributed by atoms with Crippen LogP contribution in [0.3, 0.4) is 0 Å². The van der Waals surface area contributed by atoms with Crippen LogP contribution in [0.5, 0.6) is 0 Å². The Bertz CT molecular complexity index is 328. The summed E-state index contributed by atoms with van der Waals surface area (Å²) < 4.78 is 24.4. The summed E-state index contributed by atoms with van der Waals surface area (Å²) in [7, 11) is -1.13. The Morgan fingerprint density at radius 1 is 1.57 bits per heavy atom. The van der Waals surface area contributed by atoms with Gasteiger partial charge in [-0.15, -0.1) is 0 Å². The summed E-state index contributed by atoms with van der Waals surface area (Å²) in [6, 6.07) is 5.91. The topological polar surface area (TPSA) is 43.1 Å². The maximum atomic E-state index is 12.8. The first kappa shape index (κ1) is 11.3. The molecule has 0 aliphatic carbocycles. The highest BCUT2D eigenvalue weighted by molar-refractivity contribution is 7.85. The number of hydrogen-bond acceptors (Lipinski definition) is 2. The maximum absolute atomic E-state index is 12.8. The average Bonchev–Trinajstić information content (AvgIpc) is 2.14. The fraction of sp³-hybridized carbons (Fsp3) is 0.400. The van der Waals surface area contributed by atoms with Gasteiger partial charge in [0.25, 0.3) is 0 Å². The van der Waals surface area contributed by atoms with Gasteiger partial charge in [-0.3, -0.25) is 4.21 Å². The average molecular weight is 215 g/mol. The maximum Gasteiger partial charge on any atom is 0.124 e. The molecule has 2 unspecified atom stereocenters. The molecule has 2 atom stereocenters. The third-order valence-electron chi connectivity index (χ3n) is 1.82.